The second-order valence-corrected chi connectivity index (χ2v) is 10.3. The molecule has 1 aliphatic heterocycles. The number of thiophene rings is 1. The Balaban J connectivity index is 1.76. The molecule has 2 aromatic carbocycles. The van der Waals surface area contributed by atoms with Crippen LogP contribution in [0.1, 0.15) is 12.8 Å². The van der Waals surface area contributed by atoms with Crippen LogP contribution in [-0.2, 0) is 14.8 Å². The van der Waals surface area contributed by atoms with Crippen molar-refractivity contribution < 1.29 is 13.2 Å². The number of fused-ring (bicyclic) bond motifs is 1. The maximum absolute atomic E-state index is 13.5. The fourth-order valence-electron chi connectivity index (χ4n) is 3.36. The molecule has 0 saturated carbocycles. The summed E-state index contributed by atoms with van der Waals surface area (Å²) in [6.45, 7) is 1.28. The molecule has 0 spiro atoms. The second kappa shape index (κ2) is 7.85. The number of nitrogens with zero attached hydrogens (tertiary/aromatic N) is 2. The van der Waals surface area contributed by atoms with E-state index in [1.807, 2.05) is 24.3 Å². The van der Waals surface area contributed by atoms with Crippen LogP contribution in [0.4, 0.5) is 5.00 Å². The van der Waals surface area contributed by atoms with Gasteiger partial charge in [0.2, 0.25) is 5.91 Å². The third-order valence-corrected chi connectivity index (χ3v) is 9.01. The average Bonchev–Trinajstić information content (AvgIpc) is 3.26. The minimum atomic E-state index is -3.76. The van der Waals surface area contributed by atoms with Crippen molar-refractivity contribution in [2.75, 3.05) is 23.9 Å². The van der Waals surface area contributed by atoms with Gasteiger partial charge < -0.3 is 4.90 Å². The summed E-state index contributed by atoms with van der Waals surface area (Å²) < 4.78 is 30.1. The fraction of sp³-hybridized carbons (Fsp3) is 0.250. The topological polar surface area (TPSA) is 57.7 Å². The van der Waals surface area contributed by atoms with Gasteiger partial charge in [-0.3, -0.25) is 9.10 Å². The van der Waals surface area contributed by atoms with Crippen LogP contribution in [0.25, 0.3) is 10.1 Å². The van der Waals surface area contributed by atoms with Crippen molar-refractivity contribution in [3.63, 3.8) is 0 Å². The van der Waals surface area contributed by atoms with E-state index in [2.05, 4.69) is 15.9 Å². The number of benzene rings is 2. The SMILES string of the molecule is O=C1CCCN1CCN(c1sc2ccccc2c1Br)S(=O)(=O)c1ccccc1. The molecular weight excluding hydrogens is 460 g/mol. The van der Waals surface area contributed by atoms with E-state index in [0.29, 0.717) is 24.5 Å². The van der Waals surface area contributed by atoms with Gasteiger partial charge in [0.25, 0.3) is 10.0 Å². The van der Waals surface area contributed by atoms with E-state index in [0.717, 1.165) is 21.0 Å². The first-order valence-corrected chi connectivity index (χ1v) is 12.1. The highest BCUT2D eigenvalue weighted by Crippen LogP contribution is 2.43. The third-order valence-electron chi connectivity index (χ3n) is 4.82. The molecule has 28 heavy (non-hydrogen) atoms. The standard InChI is InChI=1S/C20H19BrN2O3S2/c21-19-16-9-4-5-10-17(16)27-20(19)23(14-13-22-12-6-11-18(22)24)28(25,26)15-7-2-1-3-8-15/h1-5,7-10H,6,11-14H2. The maximum atomic E-state index is 13.5. The van der Waals surface area contributed by atoms with Crippen LogP contribution in [0.3, 0.4) is 0 Å². The van der Waals surface area contributed by atoms with Crippen molar-refractivity contribution in [3.05, 3.63) is 59.1 Å². The van der Waals surface area contributed by atoms with E-state index in [-0.39, 0.29) is 17.3 Å². The molecule has 1 aliphatic rings. The molecule has 0 atom stereocenters. The Labute approximate surface area is 176 Å². The first-order chi connectivity index (χ1) is 13.5. The average molecular weight is 479 g/mol. The predicted molar refractivity (Wildman–Crippen MR) is 116 cm³/mol. The monoisotopic (exact) mass is 478 g/mol. The summed E-state index contributed by atoms with van der Waals surface area (Å²) in [4.78, 5) is 14.0. The van der Waals surface area contributed by atoms with Gasteiger partial charge in [0.1, 0.15) is 5.00 Å². The van der Waals surface area contributed by atoms with E-state index >= 15 is 0 Å². The molecular formula is C20H19BrN2O3S2. The van der Waals surface area contributed by atoms with Crippen LogP contribution >= 0.6 is 27.3 Å². The number of anilines is 1. The van der Waals surface area contributed by atoms with Crippen molar-refractivity contribution in [3.8, 4) is 0 Å². The van der Waals surface area contributed by atoms with E-state index < -0.39 is 10.0 Å². The van der Waals surface area contributed by atoms with Crippen LogP contribution in [0, 0.1) is 0 Å². The summed E-state index contributed by atoms with van der Waals surface area (Å²) in [7, 11) is -3.76. The first kappa shape index (κ1) is 19.4. The molecule has 2 heterocycles. The lowest BCUT2D eigenvalue weighted by atomic mass is 10.3. The molecule has 146 valence electrons. The lowest BCUT2D eigenvalue weighted by molar-refractivity contribution is -0.127. The quantitative estimate of drug-likeness (QED) is 0.524. The maximum Gasteiger partial charge on any atom is 0.265 e. The van der Waals surface area contributed by atoms with Gasteiger partial charge in [-0.15, -0.1) is 11.3 Å². The van der Waals surface area contributed by atoms with Crippen LogP contribution < -0.4 is 4.31 Å². The Morgan fingerprint density at radius 1 is 1.07 bits per heavy atom. The summed E-state index contributed by atoms with van der Waals surface area (Å²) >= 11 is 5.04. The van der Waals surface area contributed by atoms with Gasteiger partial charge in [-0.25, -0.2) is 8.42 Å². The normalized spacial score (nSPS) is 14.8. The van der Waals surface area contributed by atoms with Crippen molar-refractivity contribution in [2.24, 2.45) is 0 Å². The molecule has 1 amide bonds. The van der Waals surface area contributed by atoms with Crippen molar-refractivity contribution >= 4 is 58.3 Å². The Kier molecular flexibility index (Phi) is 5.44. The Morgan fingerprint density at radius 2 is 1.79 bits per heavy atom. The first-order valence-electron chi connectivity index (χ1n) is 9.01. The van der Waals surface area contributed by atoms with Crippen molar-refractivity contribution in [1.82, 2.24) is 4.90 Å². The minimum Gasteiger partial charge on any atom is -0.341 e. The van der Waals surface area contributed by atoms with Gasteiger partial charge in [0.05, 0.1) is 15.9 Å². The van der Waals surface area contributed by atoms with Gasteiger partial charge in [0.15, 0.2) is 0 Å². The van der Waals surface area contributed by atoms with Crippen LogP contribution in [-0.4, -0.2) is 38.9 Å². The Hall–Kier alpha value is -1.90. The molecule has 0 bridgehead atoms. The molecule has 0 N–H and O–H groups in total. The highest BCUT2D eigenvalue weighted by molar-refractivity contribution is 9.10. The third kappa shape index (κ3) is 3.56. The van der Waals surface area contributed by atoms with Gasteiger partial charge in [0, 0.05) is 29.6 Å². The zero-order chi connectivity index (χ0) is 19.7. The summed E-state index contributed by atoms with van der Waals surface area (Å²) in [5, 5.41) is 1.62. The molecule has 8 heteroatoms. The summed E-state index contributed by atoms with van der Waals surface area (Å²) in [6, 6.07) is 16.2. The molecule has 0 aliphatic carbocycles. The number of carbonyl (C=O) groups excluding carboxylic acids is 1. The zero-order valence-electron chi connectivity index (χ0n) is 15.0. The van der Waals surface area contributed by atoms with Crippen molar-refractivity contribution in [1.29, 1.82) is 0 Å². The van der Waals surface area contributed by atoms with Crippen molar-refractivity contribution in [2.45, 2.75) is 17.7 Å². The minimum absolute atomic E-state index is 0.0902. The lowest BCUT2D eigenvalue weighted by Gasteiger charge is -2.26. The van der Waals surface area contributed by atoms with Crippen LogP contribution in [0.5, 0.6) is 0 Å². The molecule has 0 unspecified atom stereocenters. The Bertz CT molecular complexity index is 1110. The highest BCUT2D eigenvalue weighted by Gasteiger charge is 2.30. The number of sulfonamides is 1. The largest absolute Gasteiger partial charge is 0.341 e. The number of hydrogen-bond acceptors (Lipinski definition) is 4. The number of hydrogen-bond donors (Lipinski definition) is 0. The predicted octanol–water partition coefficient (Wildman–Crippen LogP) is 4.48. The fourth-order valence-corrected chi connectivity index (χ4v) is 7.24. The number of rotatable bonds is 6. The van der Waals surface area contributed by atoms with E-state index in [1.54, 1.807) is 35.2 Å². The van der Waals surface area contributed by atoms with Crippen LogP contribution in [0.2, 0.25) is 0 Å². The number of likely N-dealkylation sites (tertiary alicyclic amines) is 1. The molecule has 1 saturated heterocycles. The second-order valence-electron chi connectivity index (χ2n) is 6.59. The zero-order valence-corrected chi connectivity index (χ0v) is 18.3. The van der Waals surface area contributed by atoms with E-state index in [4.69, 9.17) is 0 Å². The molecule has 4 rings (SSSR count). The lowest BCUT2D eigenvalue weighted by Crippen LogP contribution is -2.39. The summed E-state index contributed by atoms with van der Waals surface area (Å²) in [6.07, 6.45) is 1.37. The van der Waals surface area contributed by atoms with Crippen LogP contribution in [0.15, 0.2) is 64.0 Å². The number of amides is 1. The molecule has 5 nitrogen and oxygen atoms in total. The number of carbonyl (C=O) groups is 1. The number of halogens is 1. The summed E-state index contributed by atoms with van der Waals surface area (Å²) in [5.41, 5.74) is 0. The smallest absolute Gasteiger partial charge is 0.265 e. The molecule has 3 aromatic rings. The Morgan fingerprint density at radius 3 is 2.46 bits per heavy atom. The summed E-state index contributed by atoms with van der Waals surface area (Å²) in [5.74, 6) is 0.0902. The molecule has 1 aromatic heterocycles. The van der Waals surface area contributed by atoms with Gasteiger partial charge >= 0.3 is 0 Å². The van der Waals surface area contributed by atoms with Gasteiger partial charge in [-0.05, 0) is 40.5 Å². The van der Waals surface area contributed by atoms with Gasteiger partial charge in [-0.1, -0.05) is 36.4 Å². The highest BCUT2D eigenvalue weighted by atomic mass is 79.9. The molecule has 1 fully saturated rings. The van der Waals surface area contributed by atoms with E-state index in [1.165, 1.54) is 15.6 Å². The molecule has 0 radical (unpaired) electrons. The van der Waals surface area contributed by atoms with E-state index in [9.17, 15) is 13.2 Å². The van der Waals surface area contributed by atoms with Gasteiger partial charge in [-0.2, -0.15) is 0 Å².